The summed E-state index contributed by atoms with van der Waals surface area (Å²) in [6.07, 6.45) is -3.08. The SMILES string of the molecule is COc1c(N2CCNCC2)cc(S(=O)(=O)n2c(C(F)F)cc3ccc(F)cc32)c2ccccc12. The zero-order chi connectivity index (χ0) is 24.0. The second kappa shape index (κ2) is 8.52. The molecule has 0 aliphatic carbocycles. The minimum Gasteiger partial charge on any atom is -0.494 e. The smallest absolute Gasteiger partial charge is 0.279 e. The molecule has 3 aromatic carbocycles. The van der Waals surface area contributed by atoms with Gasteiger partial charge in [-0.25, -0.2) is 25.6 Å². The van der Waals surface area contributed by atoms with Crippen molar-refractivity contribution in [2.24, 2.45) is 0 Å². The predicted molar refractivity (Wildman–Crippen MR) is 125 cm³/mol. The van der Waals surface area contributed by atoms with E-state index in [-0.39, 0.29) is 15.8 Å². The lowest BCUT2D eigenvalue weighted by Crippen LogP contribution is -2.43. The molecule has 1 N–H and O–H groups in total. The second-order valence-corrected chi connectivity index (χ2v) is 9.81. The number of methoxy groups -OCH3 is 1. The molecule has 0 spiro atoms. The number of benzene rings is 3. The lowest BCUT2D eigenvalue weighted by atomic mass is 10.1. The highest BCUT2D eigenvalue weighted by Crippen LogP contribution is 2.42. The number of hydrogen-bond donors (Lipinski definition) is 1. The maximum absolute atomic E-state index is 14.1. The highest BCUT2D eigenvalue weighted by Gasteiger charge is 2.31. The Morgan fingerprint density at radius 1 is 1.00 bits per heavy atom. The summed E-state index contributed by atoms with van der Waals surface area (Å²) in [5.74, 6) is -0.210. The number of nitrogens with one attached hydrogen (secondary N) is 1. The van der Waals surface area contributed by atoms with E-state index in [9.17, 15) is 21.6 Å². The Morgan fingerprint density at radius 2 is 1.71 bits per heavy atom. The first-order valence-corrected chi connectivity index (χ1v) is 12.2. The number of hydrogen-bond acceptors (Lipinski definition) is 5. The molecule has 1 aliphatic rings. The molecule has 0 amide bonds. The first-order valence-electron chi connectivity index (χ1n) is 10.7. The molecule has 2 heterocycles. The van der Waals surface area contributed by atoms with Gasteiger partial charge >= 0.3 is 0 Å². The molecule has 1 aliphatic heterocycles. The van der Waals surface area contributed by atoms with Crippen molar-refractivity contribution in [2.45, 2.75) is 11.3 Å². The Hall–Kier alpha value is -3.24. The zero-order valence-electron chi connectivity index (χ0n) is 18.3. The van der Waals surface area contributed by atoms with Gasteiger partial charge in [-0.2, -0.15) is 0 Å². The molecule has 1 fully saturated rings. The van der Waals surface area contributed by atoms with Crippen molar-refractivity contribution in [2.75, 3.05) is 38.2 Å². The van der Waals surface area contributed by atoms with Crippen molar-refractivity contribution in [3.05, 3.63) is 66.1 Å². The highest BCUT2D eigenvalue weighted by atomic mass is 32.2. The van der Waals surface area contributed by atoms with Crippen LogP contribution in [0.25, 0.3) is 21.7 Å². The summed E-state index contributed by atoms with van der Waals surface area (Å²) in [5, 5.41) is 4.33. The maximum atomic E-state index is 14.1. The van der Waals surface area contributed by atoms with Gasteiger partial charge in [-0.3, -0.25) is 0 Å². The van der Waals surface area contributed by atoms with Crippen LogP contribution in [0.15, 0.2) is 59.5 Å². The molecule has 0 saturated carbocycles. The zero-order valence-corrected chi connectivity index (χ0v) is 19.1. The molecule has 1 saturated heterocycles. The van der Waals surface area contributed by atoms with E-state index in [0.717, 1.165) is 18.2 Å². The summed E-state index contributed by atoms with van der Waals surface area (Å²) in [4.78, 5) is 1.85. The second-order valence-electron chi connectivity index (χ2n) is 8.05. The standard InChI is InChI=1S/C24H22F3N3O3S/c1-33-23-18-5-3-2-4-17(18)22(14-20(23)29-10-8-28-9-11-29)34(31,32)30-19-13-16(25)7-6-15(19)12-21(30)24(26)27/h2-7,12-14,24,28H,8-11H2,1H3. The first kappa shape index (κ1) is 22.5. The highest BCUT2D eigenvalue weighted by molar-refractivity contribution is 7.90. The van der Waals surface area contributed by atoms with Gasteiger partial charge < -0.3 is 15.0 Å². The third kappa shape index (κ3) is 3.57. The van der Waals surface area contributed by atoms with E-state index in [4.69, 9.17) is 4.74 Å². The van der Waals surface area contributed by atoms with Gasteiger partial charge in [0.2, 0.25) is 0 Å². The topological polar surface area (TPSA) is 63.6 Å². The van der Waals surface area contributed by atoms with Crippen LogP contribution in [0, 0.1) is 5.82 Å². The average molecular weight is 490 g/mol. The van der Waals surface area contributed by atoms with Crippen LogP contribution in [-0.2, 0) is 10.0 Å². The van der Waals surface area contributed by atoms with Crippen LogP contribution in [0.4, 0.5) is 18.9 Å². The minimum absolute atomic E-state index is 0.140. The van der Waals surface area contributed by atoms with Crippen LogP contribution >= 0.6 is 0 Å². The summed E-state index contributed by atoms with van der Waals surface area (Å²) in [5.41, 5.74) is -0.300. The summed E-state index contributed by atoms with van der Waals surface area (Å²) in [7, 11) is -3.04. The summed E-state index contributed by atoms with van der Waals surface area (Å²) >= 11 is 0. The van der Waals surface area contributed by atoms with Gasteiger partial charge in [-0.05, 0) is 30.3 Å². The molecule has 0 bridgehead atoms. The monoisotopic (exact) mass is 489 g/mol. The van der Waals surface area contributed by atoms with Gasteiger partial charge in [0.1, 0.15) is 17.3 Å². The molecule has 178 valence electrons. The maximum Gasteiger partial charge on any atom is 0.279 e. The Morgan fingerprint density at radius 3 is 2.38 bits per heavy atom. The lowest BCUT2D eigenvalue weighted by Gasteiger charge is -2.31. The number of aromatic nitrogens is 1. The van der Waals surface area contributed by atoms with Crippen molar-refractivity contribution < 1.29 is 26.3 Å². The van der Waals surface area contributed by atoms with Crippen molar-refractivity contribution in [1.29, 1.82) is 0 Å². The number of fused-ring (bicyclic) bond motifs is 2. The van der Waals surface area contributed by atoms with Gasteiger partial charge in [0.25, 0.3) is 16.4 Å². The first-order chi connectivity index (χ1) is 16.3. The van der Waals surface area contributed by atoms with Crippen molar-refractivity contribution >= 4 is 37.4 Å². The van der Waals surface area contributed by atoms with Gasteiger partial charge in [0, 0.05) is 42.3 Å². The van der Waals surface area contributed by atoms with Crippen LogP contribution < -0.4 is 15.0 Å². The molecule has 0 unspecified atom stereocenters. The predicted octanol–water partition coefficient (Wildman–Crippen LogP) is 4.53. The van der Waals surface area contributed by atoms with E-state index in [0.29, 0.717) is 52.4 Å². The Labute approximate surface area is 194 Å². The number of rotatable bonds is 5. The fourth-order valence-corrected chi connectivity index (χ4v) is 6.30. The Balaban J connectivity index is 1.85. The van der Waals surface area contributed by atoms with E-state index in [1.54, 1.807) is 24.3 Å². The molecule has 1 aromatic heterocycles. The van der Waals surface area contributed by atoms with Crippen LogP contribution in [-0.4, -0.2) is 45.7 Å². The molecule has 0 radical (unpaired) electrons. The number of alkyl halides is 2. The quantitative estimate of drug-likeness (QED) is 0.447. The third-order valence-electron chi connectivity index (χ3n) is 6.09. The summed E-state index contributed by atoms with van der Waals surface area (Å²) in [6.45, 7) is 2.65. The minimum atomic E-state index is -4.56. The van der Waals surface area contributed by atoms with Gasteiger partial charge in [-0.1, -0.05) is 24.3 Å². The number of ether oxygens (including phenoxy) is 1. The van der Waals surface area contributed by atoms with E-state index in [2.05, 4.69) is 5.32 Å². The number of piperazine rings is 1. The number of anilines is 1. The number of halogens is 3. The van der Waals surface area contributed by atoms with Crippen molar-refractivity contribution in [3.63, 3.8) is 0 Å². The van der Waals surface area contributed by atoms with Gasteiger partial charge in [-0.15, -0.1) is 0 Å². The average Bonchev–Trinajstić information content (AvgIpc) is 3.23. The van der Waals surface area contributed by atoms with Gasteiger partial charge in [0.15, 0.2) is 0 Å². The Bertz CT molecular complexity index is 1500. The van der Waals surface area contributed by atoms with Crippen LogP contribution in [0.1, 0.15) is 12.1 Å². The van der Waals surface area contributed by atoms with Gasteiger partial charge in [0.05, 0.1) is 23.2 Å². The summed E-state index contributed by atoms with van der Waals surface area (Å²) in [6, 6.07) is 12.7. The normalized spacial score (nSPS) is 14.9. The van der Waals surface area contributed by atoms with Crippen LogP contribution in [0.5, 0.6) is 5.75 Å². The molecular weight excluding hydrogens is 467 g/mol. The Kier molecular flexibility index (Phi) is 5.65. The third-order valence-corrected chi connectivity index (χ3v) is 7.87. The van der Waals surface area contributed by atoms with E-state index in [1.807, 2.05) is 4.90 Å². The van der Waals surface area contributed by atoms with Crippen molar-refractivity contribution in [3.8, 4) is 5.75 Å². The molecule has 34 heavy (non-hydrogen) atoms. The number of nitrogens with zero attached hydrogens (tertiary/aromatic N) is 2. The summed E-state index contributed by atoms with van der Waals surface area (Å²) < 4.78 is 76.4. The molecule has 6 nitrogen and oxygen atoms in total. The molecule has 5 rings (SSSR count). The lowest BCUT2D eigenvalue weighted by molar-refractivity contribution is 0.145. The molecule has 10 heteroatoms. The molecule has 0 atom stereocenters. The molecule has 4 aromatic rings. The fourth-order valence-electron chi connectivity index (χ4n) is 4.56. The van der Waals surface area contributed by atoms with Crippen molar-refractivity contribution in [1.82, 2.24) is 9.29 Å². The van der Waals surface area contributed by atoms with E-state index in [1.165, 1.54) is 19.2 Å². The molecular formula is C24H22F3N3O3S. The van der Waals surface area contributed by atoms with E-state index >= 15 is 0 Å². The largest absolute Gasteiger partial charge is 0.494 e. The van der Waals surface area contributed by atoms with Crippen LogP contribution in [0.3, 0.4) is 0 Å². The fraction of sp³-hybridized carbons (Fsp3) is 0.250. The van der Waals surface area contributed by atoms with Crippen LogP contribution in [0.2, 0.25) is 0 Å². The van der Waals surface area contributed by atoms with E-state index < -0.39 is 28.0 Å².